The predicted octanol–water partition coefficient (Wildman–Crippen LogP) is 4.04. The number of carbonyl (C=O) groups excluding carboxylic acids is 2. The van der Waals surface area contributed by atoms with E-state index in [1.807, 2.05) is 47.4 Å². The first-order valence-corrected chi connectivity index (χ1v) is 9.94. The van der Waals surface area contributed by atoms with Gasteiger partial charge in [-0.15, -0.1) is 0 Å². The molecule has 28 heavy (non-hydrogen) atoms. The van der Waals surface area contributed by atoms with Gasteiger partial charge in [-0.3, -0.25) is 9.59 Å². The lowest BCUT2D eigenvalue weighted by Crippen LogP contribution is -2.40. The molecule has 1 atom stereocenters. The number of hydrogen-bond donors (Lipinski definition) is 1. The second kappa shape index (κ2) is 9.60. The van der Waals surface area contributed by atoms with Gasteiger partial charge in [-0.2, -0.15) is 0 Å². The molecule has 3 rings (SSSR count). The largest absolute Gasteiger partial charge is 0.489 e. The fourth-order valence-corrected chi connectivity index (χ4v) is 3.74. The maximum absolute atomic E-state index is 12.9. The van der Waals surface area contributed by atoms with Crippen LogP contribution in [0.4, 0.5) is 0 Å². The van der Waals surface area contributed by atoms with Crippen LogP contribution in [0.3, 0.4) is 0 Å². The van der Waals surface area contributed by atoms with Crippen LogP contribution in [0.1, 0.15) is 41.6 Å². The van der Waals surface area contributed by atoms with Gasteiger partial charge in [-0.25, -0.2) is 0 Å². The number of nitrogens with two attached hydrogens (primary N) is 1. The van der Waals surface area contributed by atoms with Crippen molar-refractivity contribution in [1.29, 1.82) is 0 Å². The van der Waals surface area contributed by atoms with Crippen LogP contribution in [-0.2, 0) is 11.4 Å². The molecule has 1 heterocycles. The first-order chi connectivity index (χ1) is 13.5. The molecule has 5 nitrogen and oxygen atoms in total. The summed E-state index contributed by atoms with van der Waals surface area (Å²) in [5, 5.41) is 0.668. The maximum Gasteiger partial charge on any atom is 0.253 e. The molecule has 0 saturated carbocycles. The summed E-state index contributed by atoms with van der Waals surface area (Å²) in [5.74, 6) is 0.686. The lowest BCUT2D eigenvalue weighted by atomic mass is 9.93. The van der Waals surface area contributed by atoms with Gasteiger partial charge in [-0.1, -0.05) is 29.8 Å². The third kappa shape index (κ3) is 5.73. The second-order valence-corrected chi connectivity index (χ2v) is 7.65. The topological polar surface area (TPSA) is 72.6 Å². The van der Waals surface area contributed by atoms with Crippen LogP contribution in [-0.4, -0.2) is 29.8 Å². The van der Waals surface area contributed by atoms with Gasteiger partial charge in [0.05, 0.1) is 0 Å². The summed E-state index contributed by atoms with van der Waals surface area (Å²) >= 11 is 6.00. The van der Waals surface area contributed by atoms with Gasteiger partial charge in [0.1, 0.15) is 12.4 Å². The molecule has 2 N–H and O–H groups in total. The Balaban J connectivity index is 1.60. The van der Waals surface area contributed by atoms with Crippen LogP contribution in [0.5, 0.6) is 5.75 Å². The van der Waals surface area contributed by atoms with E-state index in [9.17, 15) is 9.59 Å². The van der Waals surface area contributed by atoms with Gasteiger partial charge in [0.25, 0.3) is 5.91 Å². The molecule has 0 bridgehead atoms. The summed E-state index contributed by atoms with van der Waals surface area (Å²) in [7, 11) is 0. The smallest absolute Gasteiger partial charge is 0.253 e. The number of ether oxygens (including phenoxy) is 1. The Morgan fingerprint density at radius 3 is 2.79 bits per heavy atom. The van der Waals surface area contributed by atoms with Crippen molar-refractivity contribution >= 4 is 23.4 Å². The summed E-state index contributed by atoms with van der Waals surface area (Å²) in [6.45, 7) is 1.79. The minimum absolute atomic E-state index is 0.00280. The molecule has 2 aromatic rings. The van der Waals surface area contributed by atoms with Gasteiger partial charge >= 0.3 is 0 Å². The minimum Gasteiger partial charge on any atom is -0.489 e. The van der Waals surface area contributed by atoms with E-state index in [-0.39, 0.29) is 11.8 Å². The van der Waals surface area contributed by atoms with Gasteiger partial charge in [0.2, 0.25) is 5.91 Å². The van der Waals surface area contributed by atoms with E-state index in [0.717, 1.165) is 31.4 Å². The molecule has 1 fully saturated rings. The van der Waals surface area contributed by atoms with Crippen LogP contribution in [0.15, 0.2) is 48.5 Å². The summed E-state index contributed by atoms with van der Waals surface area (Å²) in [5.41, 5.74) is 6.83. The number of benzene rings is 2. The quantitative estimate of drug-likeness (QED) is 0.762. The van der Waals surface area contributed by atoms with Crippen LogP contribution >= 0.6 is 11.6 Å². The highest BCUT2D eigenvalue weighted by Gasteiger charge is 2.24. The first kappa shape index (κ1) is 20.2. The molecule has 2 amide bonds. The standard InChI is InChI=1S/C22H25ClN2O3/c23-19-7-1-4-17(12-19)15-28-20-8-2-6-18(13-20)22(27)25-11-3-5-16(14-25)9-10-21(24)26/h1-2,4,6-8,12-13,16H,3,5,9-11,14-15H2,(H2,24,26). The molecule has 148 valence electrons. The minimum atomic E-state index is -0.284. The number of likely N-dealkylation sites (tertiary alicyclic amines) is 1. The van der Waals surface area contributed by atoms with E-state index >= 15 is 0 Å². The highest BCUT2D eigenvalue weighted by Crippen LogP contribution is 2.24. The predicted molar refractivity (Wildman–Crippen MR) is 109 cm³/mol. The highest BCUT2D eigenvalue weighted by atomic mass is 35.5. The van der Waals surface area contributed by atoms with Gasteiger partial charge in [0, 0.05) is 30.1 Å². The SMILES string of the molecule is NC(=O)CCC1CCCN(C(=O)c2cccc(OCc3cccc(Cl)c3)c2)C1. The summed E-state index contributed by atoms with van der Waals surface area (Å²) in [6.07, 6.45) is 3.08. The molecule has 1 aliphatic heterocycles. The van der Waals surface area contributed by atoms with Crippen molar-refractivity contribution in [2.24, 2.45) is 11.7 Å². The van der Waals surface area contributed by atoms with Gasteiger partial charge in [-0.05, 0) is 61.1 Å². The van der Waals surface area contributed by atoms with Crippen molar-refractivity contribution < 1.29 is 14.3 Å². The number of primary amides is 1. The van der Waals surface area contributed by atoms with E-state index in [1.54, 1.807) is 6.07 Å². The second-order valence-electron chi connectivity index (χ2n) is 7.21. The van der Waals surface area contributed by atoms with Gasteiger partial charge in [0.15, 0.2) is 0 Å². The third-order valence-electron chi connectivity index (χ3n) is 4.98. The molecule has 2 aromatic carbocycles. The fourth-order valence-electron chi connectivity index (χ4n) is 3.53. The highest BCUT2D eigenvalue weighted by molar-refractivity contribution is 6.30. The summed E-state index contributed by atoms with van der Waals surface area (Å²) in [6, 6.07) is 14.8. The molecule has 0 aliphatic carbocycles. The molecular weight excluding hydrogens is 376 g/mol. The molecule has 6 heteroatoms. The van der Waals surface area contributed by atoms with Gasteiger partial charge < -0.3 is 15.4 Å². The Bertz CT molecular complexity index is 840. The Kier molecular flexibility index (Phi) is 6.93. The molecular formula is C22H25ClN2O3. The third-order valence-corrected chi connectivity index (χ3v) is 5.22. The summed E-state index contributed by atoms with van der Waals surface area (Å²) in [4.78, 5) is 25.8. The van der Waals surface area contributed by atoms with Crippen LogP contribution in [0.25, 0.3) is 0 Å². The first-order valence-electron chi connectivity index (χ1n) is 9.56. The van der Waals surface area contributed by atoms with E-state index in [4.69, 9.17) is 22.1 Å². The monoisotopic (exact) mass is 400 g/mol. The number of hydrogen-bond acceptors (Lipinski definition) is 3. The number of carbonyl (C=O) groups is 2. The number of piperidine rings is 1. The number of amides is 2. The summed E-state index contributed by atoms with van der Waals surface area (Å²) < 4.78 is 5.83. The molecule has 1 saturated heterocycles. The normalized spacial score (nSPS) is 16.6. The van der Waals surface area contributed by atoms with E-state index in [0.29, 0.717) is 41.8 Å². The molecule has 0 radical (unpaired) electrons. The lowest BCUT2D eigenvalue weighted by molar-refractivity contribution is -0.118. The molecule has 0 aromatic heterocycles. The van der Waals surface area contributed by atoms with Crippen LogP contribution in [0.2, 0.25) is 5.02 Å². The van der Waals surface area contributed by atoms with E-state index in [1.165, 1.54) is 0 Å². The number of rotatable bonds is 7. The fraction of sp³-hybridized carbons (Fsp3) is 0.364. The van der Waals surface area contributed by atoms with Crippen molar-refractivity contribution in [3.63, 3.8) is 0 Å². The van der Waals surface area contributed by atoms with Crippen molar-refractivity contribution in [2.75, 3.05) is 13.1 Å². The average Bonchev–Trinajstić information content (AvgIpc) is 2.71. The van der Waals surface area contributed by atoms with Crippen LogP contribution in [0, 0.1) is 5.92 Å². The zero-order valence-electron chi connectivity index (χ0n) is 15.8. The molecule has 1 unspecified atom stereocenters. The van der Waals surface area contributed by atoms with Crippen molar-refractivity contribution in [3.8, 4) is 5.75 Å². The van der Waals surface area contributed by atoms with E-state index in [2.05, 4.69) is 0 Å². The number of halogens is 1. The van der Waals surface area contributed by atoms with Crippen LogP contribution < -0.4 is 10.5 Å². The Labute approximate surface area is 170 Å². The number of nitrogens with zero attached hydrogens (tertiary/aromatic N) is 1. The molecule has 0 spiro atoms. The van der Waals surface area contributed by atoms with Crippen molar-refractivity contribution in [1.82, 2.24) is 4.90 Å². The zero-order valence-corrected chi connectivity index (χ0v) is 16.5. The van der Waals surface area contributed by atoms with Crippen molar-refractivity contribution in [3.05, 3.63) is 64.7 Å². The Hall–Kier alpha value is -2.53. The average molecular weight is 401 g/mol. The molecule has 1 aliphatic rings. The Morgan fingerprint density at radius 1 is 1.18 bits per heavy atom. The van der Waals surface area contributed by atoms with Crippen molar-refractivity contribution in [2.45, 2.75) is 32.3 Å². The maximum atomic E-state index is 12.9. The Morgan fingerprint density at radius 2 is 2.00 bits per heavy atom. The lowest BCUT2D eigenvalue weighted by Gasteiger charge is -2.32. The zero-order chi connectivity index (χ0) is 19.9. The van der Waals surface area contributed by atoms with E-state index < -0.39 is 0 Å².